The molecule has 0 spiro atoms. The maximum Gasteiger partial charge on any atom is 0.199 e. The van der Waals surface area contributed by atoms with Gasteiger partial charge >= 0.3 is 0 Å². The molecule has 10 heteroatoms. The lowest BCUT2D eigenvalue weighted by molar-refractivity contribution is -0.328. The number of rotatable bonds is 7. The molecule has 0 saturated carbocycles. The van der Waals surface area contributed by atoms with Crippen molar-refractivity contribution in [2.45, 2.75) is 69.2 Å². The number of Topliss-reactive ketones (excluding diaryl/α,β-unsaturated/α-hetero) is 4. The summed E-state index contributed by atoms with van der Waals surface area (Å²) >= 11 is 0. The van der Waals surface area contributed by atoms with E-state index in [2.05, 4.69) is 0 Å². The van der Waals surface area contributed by atoms with Gasteiger partial charge in [0.05, 0.1) is 6.10 Å². The van der Waals surface area contributed by atoms with Crippen LogP contribution in [0.3, 0.4) is 0 Å². The van der Waals surface area contributed by atoms with Gasteiger partial charge in [-0.25, -0.2) is 0 Å². The molecule has 1 unspecified atom stereocenters. The lowest BCUT2D eigenvalue weighted by Gasteiger charge is -2.58. The van der Waals surface area contributed by atoms with Crippen molar-refractivity contribution in [3.8, 4) is 0 Å². The fourth-order valence-electron chi connectivity index (χ4n) is 3.49. The third-order valence-corrected chi connectivity index (χ3v) is 4.97. The molecule has 1 aliphatic heterocycles. The molecule has 10 nitrogen and oxygen atoms in total. The zero-order chi connectivity index (χ0) is 20.7. The standard InChI is InChI=1S/C16H24O10/c1-7(18)12(22)13-15(24,9(3)20)16(25,10(4)21)14(23,8(2)19)11(26-13)5-6-17/h11-13,17,22-25H,5-6H2,1-4H3/t11-,12?,13+,14-,15-,16+/m0/s1. The third-order valence-electron chi connectivity index (χ3n) is 4.97. The van der Waals surface area contributed by atoms with Crippen LogP contribution < -0.4 is 0 Å². The highest BCUT2D eigenvalue weighted by Gasteiger charge is 2.78. The summed E-state index contributed by atoms with van der Waals surface area (Å²) in [4.78, 5) is 48.3. The zero-order valence-corrected chi connectivity index (χ0v) is 14.9. The van der Waals surface area contributed by atoms with E-state index in [1.807, 2.05) is 0 Å². The molecule has 0 amide bonds. The first-order chi connectivity index (χ1) is 11.7. The second-order valence-corrected chi connectivity index (χ2v) is 6.52. The summed E-state index contributed by atoms with van der Waals surface area (Å²) in [5.74, 6) is -4.86. The first kappa shape index (κ1) is 22.5. The Kier molecular flexibility index (Phi) is 6.24. The SMILES string of the molecule is CC(=O)C(O)[C@H]1O[C@@H](CCO)[C@@](O)(C(C)=O)[C@](O)(C(C)=O)[C@]1(O)C(C)=O. The van der Waals surface area contributed by atoms with E-state index in [-0.39, 0.29) is 0 Å². The molecule has 0 aromatic carbocycles. The predicted octanol–water partition coefficient (Wildman–Crippen LogP) is -2.95. The van der Waals surface area contributed by atoms with Crippen LogP contribution in [0.4, 0.5) is 0 Å². The molecule has 1 aliphatic rings. The number of aliphatic hydroxyl groups is 5. The Morgan fingerprint density at radius 2 is 1.38 bits per heavy atom. The molecule has 6 atom stereocenters. The van der Waals surface area contributed by atoms with E-state index in [1.54, 1.807) is 0 Å². The molecule has 5 N–H and O–H groups in total. The Labute approximate surface area is 149 Å². The van der Waals surface area contributed by atoms with Crippen LogP contribution in [0.5, 0.6) is 0 Å². The molecule has 0 radical (unpaired) electrons. The molecule has 0 bridgehead atoms. The lowest BCUT2D eigenvalue weighted by atomic mass is 9.58. The molecular weight excluding hydrogens is 352 g/mol. The van der Waals surface area contributed by atoms with Gasteiger partial charge in [-0.2, -0.15) is 0 Å². The van der Waals surface area contributed by atoms with Gasteiger partial charge in [0.25, 0.3) is 0 Å². The van der Waals surface area contributed by atoms with Crippen LogP contribution in [0, 0.1) is 0 Å². The van der Waals surface area contributed by atoms with Crippen molar-refractivity contribution < 1.29 is 49.4 Å². The van der Waals surface area contributed by atoms with Gasteiger partial charge in [0.2, 0.25) is 0 Å². The average Bonchev–Trinajstić information content (AvgIpc) is 2.53. The van der Waals surface area contributed by atoms with E-state index >= 15 is 0 Å². The van der Waals surface area contributed by atoms with Crippen molar-refractivity contribution in [2.75, 3.05) is 6.61 Å². The molecule has 0 aromatic rings. The number of ether oxygens (including phenoxy) is 1. The van der Waals surface area contributed by atoms with Crippen LogP contribution >= 0.6 is 0 Å². The minimum atomic E-state index is -3.43. The van der Waals surface area contributed by atoms with Crippen LogP contribution in [-0.4, -0.2) is 90.4 Å². The minimum Gasteiger partial charge on any atom is -0.396 e. The normalized spacial score (nSPS) is 38.5. The Bertz CT molecular complexity index is 631. The summed E-state index contributed by atoms with van der Waals surface area (Å²) in [6.07, 6.45) is -6.62. The molecular formula is C16H24O10. The highest BCUT2D eigenvalue weighted by atomic mass is 16.6. The maximum absolute atomic E-state index is 12.3. The first-order valence-corrected chi connectivity index (χ1v) is 7.89. The number of hydrogen-bond acceptors (Lipinski definition) is 10. The van der Waals surface area contributed by atoms with Crippen LogP contribution in [0.2, 0.25) is 0 Å². The number of aliphatic hydroxyl groups excluding tert-OH is 2. The van der Waals surface area contributed by atoms with Crippen LogP contribution in [0.15, 0.2) is 0 Å². The van der Waals surface area contributed by atoms with E-state index in [0.717, 1.165) is 27.7 Å². The van der Waals surface area contributed by atoms with Gasteiger partial charge in [0.15, 0.2) is 39.9 Å². The summed E-state index contributed by atoms with van der Waals surface area (Å²) in [6, 6.07) is 0. The summed E-state index contributed by atoms with van der Waals surface area (Å²) in [7, 11) is 0. The molecule has 1 rings (SSSR count). The predicted molar refractivity (Wildman–Crippen MR) is 83.9 cm³/mol. The largest absolute Gasteiger partial charge is 0.396 e. The zero-order valence-electron chi connectivity index (χ0n) is 14.9. The second-order valence-electron chi connectivity index (χ2n) is 6.52. The Hall–Kier alpha value is -1.56. The van der Waals surface area contributed by atoms with Crippen LogP contribution in [0.25, 0.3) is 0 Å². The number of ketones is 4. The number of carbonyl (C=O) groups excluding carboxylic acids is 4. The third kappa shape index (κ3) is 2.73. The number of carbonyl (C=O) groups is 4. The summed E-state index contributed by atoms with van der Waals surface area (Å²) < 4.78 is 5.26. The van der Waals surface area contributed by atoms with Crippen LogP contribution in [-0.2, 0) is 23.9 Å². The van der Waals surface area contributed by atoms with Gasteiger partial charge in [-0.1, -0.05) is 0 Å². The summed E-state index contributed by atoms with van der Waals surface area (Å²) in [6.45, 7) is 2.50. The van der Waals surface area contributed by atoms with E-state index in [0.29, 0.717) is 0 Å². The monoisotopic (exact) mass is 376 g/mol. The van der Waals surface area contributed by atoms with E-state index in [9.17, 15) is 44.7 Å². The lowest BCUT2D eigenvalue weighted by Crippen LogP contribution is -2.87. The molecule has 1 fully saturated rings. The maximum atomic E-state index is 12.3. The van der Waals surface area contributed by atoms with Crippen molar-refractivity contribution in [1.29, 1.82) is 0 Å². The second kappa shape index (κ2) is 7.22. The number of hydrogen-bond donors (Lipinski definition) is 5. The Morgan fingerprint density at radius 1 is 0.923 bits per heavy atom. The first-order valence-electron chi connectivity index (χ1n) is 7.89. The highest BCUT2D eigenvalue weighted by molar-refractivity contribution is 6.05. The van der Waals surface area contributed by atoms with Gasteiger partial charge in [-0.3, -0.25) is 19.2 Å². The van der Waals surface area contributed by atoms with Gasteiger partial charge in [0.1, 0.15) is 12.2 Å². The molecule has 1 saturated heterocycles. The fourth-order valence-corrected chi connectivity index (χ4v) is 3.49. The van der Waals surface area contributed by atoms with Crippen molar-refractivity contribution in [1.82, 2.24) is 0 Å². The van der Waals surface area contributed by atoms with Crippen molar-refractivity contribution in [2.24, 2.45) is 0 Å². The van der Waals surface area contributed by atoms with Crippen molar-refractivity contribution >= 4 is 23.1 Å². The summed E-state index contributed by atoms with van der Waals surface area (Å²) in [5.41, 5.74) is -9.86. The average molecular weight is 376 g/mol. The molecule has 26 heavy (non-hydrogen) atoms. The van der Waals surface area contributed by atoms with Gasteiger partial charge in [0, 0.05) is 13.0 Å². The van der Waals surface area contributed by atoms with Crippen molar-refractivity contribution in [3.05, 3.63) is 0 Å². The highest BCUT2D eigenvalue weighted by Crippen LogP contribution is 2.48. The quantitative estimate of drug-likeness (QED) is 0.308. The Morgan fingerprint density at radius 3 is 1.69 bits per heavy atom. The van der Waals surface area contributed by atoms with E-state index < -0.39 is 71.3 Å². The van der Waals surface area contributed by atoms with Gasteiger partial charge in [-0.05, 0) is 27.7 Å². The van der Waals surface area contributed by atoms with E-state index in [1.165, 1.54) is 0 Å². The smallest absolute Gasteiger partial charge is 0.199 e. The van der Waals surface area contributed by atoms with Gasteiger partial charge < -0.3 is 30.3 Å². The molecule has 0 aromatic heterocycles. The molecule has 148 valence electrons. The molecule has 1 heterocycles. The Balaban J connectivity index is 3.91. The van der Waals surface area contributed by atoms with Gasteiger partial charge in [-0.15, -0.1) is 0 Å². The van der Waals surface area contributed by atoms with Crippen molar-refractivity contribution in [3.63, 3.8) is 0 Å². The fraction of sp³-hybridized carbons (Fsp3) is 0.750. The van der Waals surface area contributed by atoms with Crippen LogP contribution in [0.1, 0.15) is 34.1 Å². The topological polar surface area (TPSA) is 179 Å². The molecule has 0 aliphatic carbocycles. The van der Waals surface area contributed by atoms with E-state index in [4.69, 9.17) is 4.74 Å². The summed E-state index contributed by atoms with van der Waals surface area (Å²) in [5, 5.41) is 52.2. The minimum absolute atomic E-state index is 0.499.